The lowest BCUT2D eigenvalue weighted by Crippen LogP contribution is -2.24. The normalized spacial score (nSPS) is 19.4. The Bertz CT molecular complexity index is 1490. The molecule has 39 heavy (non-hydrogen) atoms. The average Bonchev–Trinajstić information content (AvgIpc) is 2.95. The summed E-state index contributed by atoms with van der Waals surface area (Å²) in [6, 6.07) is 20.9. The Labute approximate surface area is 237 Å². The molecule has 0 radical (unpaired) electrons. The zero-order chi connectivity index (χ0) is 27.2. The van der Waals surface area contributed by atoms with Crippen LogP contribution in [0.3, 0.4) is 0 Å². The highest BCUT2D eigenvalue weighted by atomic mass is 79.9. The van der Waals surface area contributed by atoms with E-state index < -0.39 is 5.92 Å². The smallest absolute Gasteiger partial charge is 0.168 e. The lowest BCUT2D eigenvalue weighted by atomic mass is 9.92. The Balaban J connectivity index is 1.27. The van der Waals surface area contributed by atoms with Crippen LogP contribution >= 0.6 is 15.9 Å². The van der Waals surface area contributed by atoms with Gasteiger partial charge in [-0.1, -0.05) is 48.5 Å². The molecule has 0 spiro atoms. The van der Waals surface area contributed by atoms with Gasteiger partial charge in [0.2, 0.25) is 0 Å². The number of ketones is 1. The van der Waals surface area contributed by atoms with Gasteiger partial charge >= 0.3 is 0 Å². The van der Waals surface area contributed by atoms with Crippen molar-refractivity contribution in [2.75, 3.05) is 19.7 Å². The fourth-order valence-electron chi connectivity index (χ4n) is 5.16. The van der Waals surface area contributed by atoms with E-state index in [0.29, 0.717) is 36.3 Å². The number of aliphatic hydroxyl groups excluding tert-OH is 1. The van der Waals surface area contributed by atoms with Crippen molar-refractivity contribution in [1.29, 1.82) is 0 Å². The lowest BCUT2D eigenvalue weighted by molar-refractivity contribution is 0.0849. The van der Waals surface area contributed by atoms with Crippen LogP contribution in [0.2, 0.25) is 0 Å². The number of dihydropyridines is 1. The van der Waals surface area contributed by atoms with E-state index in [1.165, 1.54) is 0 Å². The number of para-hydroxylation sites is 1. The Morgan fingerprint density at radius 2 is 1.87 bits per heavy atom. The van der Waals surface area contributed by atoms with Gasteiger partial charge in [0.05, 0.1) is 22.5 Å². The third-order valence-corrected chi connectivity index (χ3v) is 7.97. The molecule has 2 aliphatic heterocycles. The number of nitrogens with one attached hydrogen (secondary N) is 1. The van der Waals surface area contributed by atoms with E-state index in [9.17, 15) is 15.0 Å². The molecule has 0 bridgehead atoms. The molecule has 0 saturated carbocycles. The first-order chi connectivity index (χ1) is 19.0. The SMILES string of the molecule is O=C(c1ccc2ccccc2c1)C(CO)CCCN/C1=C/C(c2ccccc2O)=NC2=C(Br)C=NCC2CC1. The number of rotatable bonds is 9. The van der Waals surface area contributed by atoms with Gasteiger partial charge in [0.1, 0.15) is 5.75 Å². The van der Waals surface area contributed by atoms with Crippen molar-refractivity contribution in [2.45, 2.75) is 25.7 Å². The number of phenols is 1. The van der Waals surface area contributed by atoms with Gasteiger partial charge in [-0.2, -0.15) is 0 Å². The van der Waals surface area contributed by atoms with Crippen LogP contribution in [0.1, 0.15) is 41.6 Å². The van der Waals surface area contributed by atoms with Crippen LogP contribution in [0.4, 0.5) is 0 Å². The van der Waals surface area contributed by atoms with Crippen molar-refractivity contribution in [1.82, 2.24) is 5.32 Å². The number of allylic oxidation sites excluding steroid dienone is 3. The number of fused-ring (bicyclic) bond motifs is 2. The first kappa shape index (κ1) is 27.0. The quantitative estimate of drug-likeness (QED) is 0.206. The van der Waals surface area contributed by atoms with Gasteiger partial charge < -0.3 is 15.5 Å². The lowest BCUT2D eigenvalue weighted by Gasteiger charge is -2.24. The monoisotopic (exact) mass is 585 g/mol. The van der Waals surface area contributed by atoms with Gasteiger partial charge in [0, 0.05) is 48.0 Å². The Kier molecular flexibility index (Phi) is 8.69. The molecule has 3 aromatic rings. The molecule has 6 nitrogen and oxygen atoms in total. The van der Waals surface area contributed by atoms with Crippen molar-refractivity contribution in [3.8, 4) is 5.75 Å². The minimum atomic E-state index is -0.442. The van der Waals surface area contributed by atoms with Gasteiger partial charge in [-0.05, 0) is 76.7 Å². The molecule has 0 fully saturated rings. The van der Waals surface area contributed by atoms with Crippen molar-refractivity contribution >= 4 is 44.4 Å². The topological polar surface area (TPSA) is 94.3 Å². The van der Waals surface area contributed by atoms with Gasteiger partial charge in [-0.3, -0.25) is 14.8 Å². The molecule has 5 rings (SSSR count). The van der Waals surface area contributed by atoms with Gasteiger partial charge in [0.25, 0.3) is 0 Å². The zero-order valence-corrected chi connectivity index (χ0v) is 23.3. The summed E-state index contributed by atoms with van der Waals surface area (Å²) in [5.41, 5.74) is 3.99. The first-order valence-electron chi connectivity index (χ1n) is 13.4. The molecule has 200 valence electrons. The average molecular weight is 587 g/mol. The number of halogens is 1. The van der Waals surface area contributed by atoms with E-state index in [4.69, 9.17) is 4.99 Å². The van der Waals surface area contributed by atoms with E-state index >= 15 is 0 Å². The molecule has 3 N–H and O–H groups in total. The highest BCUT2D eigenvalue weighted by molar-refractivity contribution is 9.12. The summed E-state index contributed by atoms with van der Waals surface area (Å²) >= 11 is 3.61. The number of hydrogen-bond donors (Lipinski definition) is 3. The molecular formula is C32H32BrN3O3. The minimum Gasteiger partial charge on any atom is -0.507 e. The highest BCUT2D eigenvalue weighted by Crippen LogP contribution is 2.32. The fraction of sp³-hybridized carbons (Fsp3) is 0.281. The van der Waals surface area contributed by atoms with Gasteiger partial charge in [-0.25, -0.2) is 0 Å². The highest BCUT2D eigenvalue weighted by Gasteiger charge is 2.24. The minimum absolute atomic E-state index is 0.0230. The number of phenolic OH excluding ortho intramolecular Hbond substituents is 1. The molecule has 2 aliphatic rings. The Hall–Kier alpha value is -3.55. The van der Waals surface area contributed by atoms with Crippen LogP contribution in [0.25, 0.3) is 10.8 Å². The summed E-state index contributed by atoms with van der Waals surface area (Å²) in [7, 11) is 0. The number of aliphatic imine (C=N–C) groups is 2. The second-order valence-electron chi connectivity index (χ2n) is 10.0. The van der Waals surface area contributed by atoms with E-state index in [-0.39, 0.29) is 24.1 Å². The van der Waals surface area contributed by atoms with E-state index in [1.54, 1.807) is 18.3 Å². The number of carbonyl (C=O) groups excluding carboxylic acids is 1. The standard InChI is InChI=1S/C32H32BrN3O3/c33-28-19-34-18-24-13-14-26(17-29(36-31(24)28)27-9-3-4-10-30(27)38)35-15-5-8-25(20-37)32(39)23-12-11-21-6-1-2-7-22(21)16-23/h1-4,6-7,9-12,16-17,19,24-25,35,37-38H,5,8,13-15,18,20H2/b26-17+,36-29?. The molecule has 3 aromatic carbocycles. The van der Waals surface area contributed by atoms with Gasteiger partial charge in [-0.15, -0.1) is 0 Å². The van der Waals surface area contributed by atoms with Crippen molar-refractivity contribution < 1.29 is 15.0 Å². The van der Waals surface area contributed by atoms with E-state index in [1.807, 2.05) is 60.7 Å². The van der Waals surface area contributed by atoms with E-state index in [2.05, 4.69) is 26.2 Å². The van der Waals surface area contributed by atoms with Crippen LogP contribution in [0, 0.1) is 11.8 Å². The molecule has 7 heteroatoms. The predicted octanol–water partition coefficient (Wildman–Crippen LogP) is 6.18. The molecule has 0 saturated heterocycles. The summed E-state index contributed by atoms with van der Waals surface area (Å²) < 4.78 is 0.877. The second kappa shape index (κ2) is 12.5. The van der Waals surface area contributed by atoms with Crippen molar-refractivity contribution in [2.24, 2.45) is 21.8 Å². The van der Waals surface area contributed by atoms with Crippen molar-refractivity contribution in [3.63, 3.8) is 0 Å². The molecule has 2 unspecified atom stereocenters. The van der Waals surface area contributed by atoms with Crippen molar-refractivity contribution in [3.05, 3.63) is 99.8 Å². The molecule has 0 amide bonds. The molecule has 0 aromatic heterocycles. The van der Waals surface area contributed by atoms with Gasteiger partial charge in [0.15, 0.2) is 5.78 Å². The summed E-state index contributed by atoms with van der Waals surface area (Å²) in [6.07, 6.45) is 6.84. The molecular weight excluding hydrogens is 554 g/mol. The third-order valence-electron chi connectivity index (χ3n) is 7.36. The molecule has 2 heterocycles. The number of aromatic hydroxyl groups is 1. The number of aliphatic hydroxyl groups is 1. The van der Waals surface area contributed by atoms with Crippen LogP contribution in [-0.2, 0) is 0 Å². The number of benzene rings is 3. The Morgan fingerprint density at radius 1 is 1.08 bits per heavy atom. The number of nitrogens with zero attached hydrogens (tertiary/aromatic N) is 2. The largest absolute Gasteiger partial charge is 0.507 e. The summed E-state index contributed by atoms with van der Waals surface area (Å²) in [5.74, 6) is -0.0924. The zero-order valence-electron chi connectivity index (χ0n) is 21.7. The molecule has 2 atom stereocenters. The van der Waals surface area contributed by atoms with Crippen LogP contribution in [-0.4, -0.2) is 47.6 Å². The van der Waals surface area contributed by atoms with Crippen LogP contribution in [0.15, 0.2) is 98.7 Å². The number of carbonyl (C=O) groups is 1. The summed E-state index contributed by atoms with van der Waals surface area (Å²) in [6.45, 7) is 1.17. The summed E-state index contributed by atoms with van der Waals surface area (Å²) in [5, 5.41) is 26.2. The maximum atomic E-state index is 13.1. The first-order valence-corrected chi connectivity index (χ1v) is 14.2. The number of Topliss-reactive ketones (excluding diaryl/α,β-unsaturated/α-hetero) is 1. The second-order valence-corrected chi connectivity index (χ2v) is 10.9. The third kappa shape index (κ3) is 6.37. The fourth-order valence-corrected chi connectivity index (χ4v) is 5.72. The molecule has 0 aliphatic carbocycles. The predicted molar refractivity (Wildman–Crippen MR) is 161 cm³/mol. The van der Waals surface area contributed by atoms with E-state index in [0.717, 1.165) is 45.9 Å². The van der Waals surface area contributed by atoms with Crippen LogP contribution < -0.4 is 5.32 Å². The Morgan fingerprint density at radius 3 is 2.69 bits per heavy atom. The van der Waals surface area contributed by atoms with Crippen LogP contribution in [0.5, 0.6) is 5.75 Å². The number of hydrogen-bond acceptors (Lipinski definition) is 6. The summed E-state index contributed by atoms with van der Waals surface area (Å²) in [4.78, 5) is 22.6. The maximum absolute atomic E-state index is 13.1. The maximum Gasteiger partial charge on any atom is 0.168 e.